The summed E-state index contributed by atoms with van der Waals surface area (Å²) >= 11 is 0. The van der Waals surface area contributed by atoms with Gasteiger partial charge in [-0.25, -0.2) is 14.8 Å². The van der Waals surface area contributed by atoms with Crippen LogP contribution in [0, 0.1) is 0 Å². The van der Waals surface area contributed by atoms with E-state index in [0.717, 1.165) is 6.07 Å². The number of rotatable bonds is 4. The number of carbonyl (C=O) groups is 1. The standard InChI is InChI=1S/C23H14F3N5O2/c24-23(25,26)16-7-3-1-5-13(16)19-27-17-8-4-2-6-14(17)20(28-19)29-21-15-11-12(22(32)33)9-10-18(15)30-31-21/h1-11H,(H,32,33)(H2,27,28,29,30,31). The lowest BCUT2D eigenvalue weighted by molar-refractivity contribution is -0.137. The molecule has 0 aliphatic heterocycles. The topological polar surface area (TPSA) is 104 Å². The van der Waals surface area contributed by atoms with Gasteiger partial charge in [0.15, 0.2) is 11.6 Å². The number of carboxylic acid groups (broad SMARTS) is 1. The number of fused-ring (bicyclic) bond motifs is 2. The van der Waals surface area contributed by atoms with Crippen molar-refractivity contribution < 1.29 is 23.1 Å². The highest BCUT2D eigenvalue weighted by atomic mass is 19.4. The van der Waals surface area contributed by atoms with E-state index in [0.29, 0.717) is 21.8 Å². The summed E-state index contributed by atoms with van der Waals surface area (Å²) in [5.74, 6) is -0.675. The van der Waals surface area contributed by atoms with Crippen LogP contribution in [-0.4, -0.2) is 31.2 Å². The van der Waals surface area contributed by atoms with Crippen LogP contribution in [0.4, 0.5) is 24.8 Å². The Morgan fingerprint density at radius 2 is 1.67 bits per heavy atom. The van der Waals surface area contributed by atoms with E-state index in [4.69, 9.17) is 0 Å². The second-order valence-corrected chi connectivity index (χ2v) is 7.22. The number of nitrogens with one attached hydrogen (secondary N) is 2. The number of alkyl halides is 3. The minimum absolute atomic E-state index is 0.0688. The first-order chi connectivity index (χ1) is 15.8. The summed E-state index contributed by atoms with van der Waals surface area (Å²) in [5.41, 5.74) is 0.0947. The van der Waals surface area contributed by atoms with Gasteiger partial charge in [0.05, 0.1) is 22.2 Å². The van der Waals surface area contributed by atoms with Gasteiger partial charge in [-0.1, -0.05) is 30.3 Å². The van der Waals surface area contributed by atoms with Crippen LogP contribution in [0.1, 0.15) is 15.9 Å². The molecule has 164 valence electrons. The number of carboxylic acids is 1. The number of benzene rings is 3. The molecule has 3 N–H and O–H groups in total. The molecular formula is C23H14F3N5O2. The van der Waals surface area contributed by atoms with E-state index in [1.807, 2.05) is 0 Å². The molecular weight excluding hydrogens is 435 g/mol. The molecule has 2 heterocycles. The van der Waals surface area contributed by atoms with Crippen molar-refractivity contribution in [2.75, 3.05) is 5.32 Å². The fourth-order valence-corrected chi connectivity index (χ4v) is 3.57. The molecule has 3 aromatic carbocycles. The Balaban J connectivity index is 1.68. The maximum atomic E-state index is 13.6. The van der Waals surface area contributed by atoms with Crippen LogP contribution in [0.2, 0.25) is 0 Å². The van der Waals surface area contributed by atoms with Crippen molar-refractivity contribution >= 4 is 39.4 Å². The van der Waals surface area contributed by atoms with Crippen molar-refractivity contribution in [3.05, 3.63) is 77.9 Å². The molecule has 33 heavy (non-hydrogen) atoms. The van der Waals surface area contributed by atoms with Gasteiger partial charge >= 0.3 is 12.1 Å². The number of aromatic amines is 1. The Morgan fingerprint density at radius 3 is 2.45 bits per heavy atom. The summed E-state index contributed by atoms with van der Waals surface area (Å²) < 4.78 is 40.8. The number of halogens is 3. The van der Waals surface area contributed by atoms with E-state index < -0.39 is 17.7 Å². The molecule has 10 heteroatoms. The van der Waals surface area contributed by atoms with Crippen molar-refractivity contribution in [1.82, 2.24) is 20.2 Å². The summed E-state index contributed by atoms with van der Waals surface area (Å²) in [4.78, 5) is 20.1. The third-order valence-corrected chi connectivity index (χ3v) is 5.12. The minimum atomic E-state index is -4.58. The highest BCUT2D eigenvalue weighted by molar-refractivity contribution is 6.00. The van der Waals surface area contributed by atoms with Crippen molar-refractivity contribution in [3.63, 3.8) is 0 Å². The molecule has 0 unspecified atom stereocenters. The molecule has 0 fully saturated rings. The number of hydrogen-bond acceptors (Lipinski definition) is 5. The molecule has 0 radical (unpaired) electrons. The first kappa shape index (κ1) is 20.4. The number of para-hydroxylation sites is 1. The number of anilines is 2. The third-order valence-electron chi connectivity index (χ3n) is 5.12. The van der Waals surface area contributed by atoms with E-state index in [1.165, 1.54) is 30.3 Å². The first-order valence-electron chi connectivity index (χ1n) is 9.73. The molecule has 0 aliphatic carbocycles. The molecule has 5 rings (SSSR count). The van der Waals surface area contributed by atoms with Crippen molar-refractivity contribution in [2.45, 2.75) is 6.18 Å². The smallest absolute Gasteiger partial charge is 0.417 e. The van der Waals surface area contributed by atoms with Gasteiger partial charge in [0.25, 0.3) is 0 Å². The van der Waals surface area contributed by atoms with Crippen LogP contribution in [-0.2, 0) is 6.18 Å². The maximum absolute atomic E-state index is 13.6. The molecule has 0 atom stereocenters. The van der Waals surface area contributed by atoms with Crippen LogP contribution < -0.4 is 5.32 Å². The Labute approximate surface area is 183 Å². The van der Waals surface area contributed by atoms with E-state index in [9.17, 15) is 23.1 Å². The van der Waals surface area contributed by atoms with Gasteiger partial charge < -0.3 is 10.4 Å². The van der Waals surface area contributed by atoms with E-state index in [1.54, 1.807) is 30.3 Å². The summed E-state index contributed by atoms with van der Waals surface area (Å²) in [6, 6.07) is 16.5. The van der Waals surface area contributed by atoms with Gasteiger partial charge in [-0.05, 0) is 36.4 Å². The Morgan fingerprint density at radius 1 is 0.909 bits per heavy atom. The van der Waals surface area contributed by atoms with Crippen molar-refractivity contribution in [1.29, 1.82) is 0 Å². The molecule has 5 aromatic rings. The van der Waals surface area contributed by atoms with Crippen LogP contribution in [0.15, 0.2) is 66.7 Å². The second kappa shape index (κ2) is 7.59. The molecule has 0 aliphatic rings. The fourth-order valence-electron chi connectivity index (χ4n) is 3.57. The molecule has 0 spiro atoms. The first-order valence-corrected chi connectivity index (χ1v) is 9.73. The average molecular weight is 449 g/mol. The van der Waals surface area contributed by atoms with Gasteiger partial charge in [0.2, 0.25) is 0 Å². The molecule has 0 amide bonds. The second-order valence-electron chi connectivity index (χ2n) is 7.22. The highest BCUT2D eigenvalue weighted by Crippen LogP contribution is 2.37. The third kappa shape index (κ3) is 3.71. The predicted molar refractivity (Wildman–Crippen MR) is 116 cm³/mol. The summed E-state index contributed by atoms with van der Waals surface area (Å²) in [6.07, 6.45) is -4.58. The quantitative estimate of drug-likeness (QED) is 0.328. The largest absolute Gasteiger partial charge is 0.478 e. The molecule has 2 aromatic heterocycles. The zero-order valence-electron chi connectivity index (χ0n) is 16.7. The lowest BCUT2D eigenvalue weighted by atomic mass is 10.1. The lowest BCUT2D eigenvalue weighted by Crippen LogP contribution is -2.08. The zero-order valence-corrected chi connectivity index (χ0v) is 16.7. The summed E-state index contributed by atoms with van der Waals surface area (Å²) in [5, 5.41) is 20.4. The average Bonchev–Trinajstić information content (AvgIpc) is 3.20. The Kier molecular flexibility index (Phi) is 4.70. The molecule has 7 nitrogen and oxygen atoms in total. The van der Waals surface area contributed by atoms with E-state index in [-0.39, 0.29) is 28.6 Å². The lowest BCUT2D eigenvalue weighted by Gasteiger charge is -2.14. The Bertz CT molecular complexity index is 1530. The van der Waals surface area contributed by atoms with Crippen LogP contribution in [0.3, 0.4) is 0 Å². The van der Waals surface area contributed by atoms with Gasteiger partial charge in [-0.3, -0.25) is 5.10 Å². The fraction of sp³-hybridized carbons (Fsp3) is 0.0435. The van der Waals surface area contributed by atoms with Crippen molar-refractivity contribution in [3.8, 4) is 11.4 Å². The van der Waals surface area contributed by atoms with Crippen molar-refractivity contribution in [2.24, 2.45) is 0 Å². The molecule has 0 bridgehead atoms. The number of hydrogen-bond donors (Lipinski definition) is 3. The zero-order chi connectivity index (χ0) is 23.2. The molecule has 0 saturated carbocycles. The minimum Gasteiger partial charge on any atom is -0.478 e. The summed E-state index contributed by atoms with van der Waals surface area (Å²) in [6.45, 7) is 0. The monoisotopic (exact) mass is 449 g/mol. The van der Waals surface area contributed by atoms with Gasteiger partial charge in [-0.15, -0.1) is 0 Å². The van der Waals surface area contributed by atoms with Gasteiger partial charge in [0.1, 0.15) is 5.82 Å². The summed E-state index contributed by atoms with van der Waals surface area (Å²) in [7, 11) is 0. The SMILES string of the molecule is O=C(O)c1ccc2[nH]nc(Nc3nc(-c4ccccc4C(F)(F)F)nc4ccccc34)c2c1. The normalized spacial score (nSPS) is 11.7. The van der Waals surface area contributed by atoms with E-state index >= 15 is 0 Å². The van der Waals surface area contributed by atoms with Crippen LogP contribution in [0.5, 0.6) is 0 Å². The van der Waals surface area contributed by atoms with Crippen LogP contribution in [0.25, 0.3) is 33.2 Å². The van der Waals surface area contributed by atoms with Crippen LogP contribution >= 0.6 is 0 Å². The van der Waals surface area contributed by atoms with Gasteiger partial charge in [-0.2, -0.15) is 18.3 Å². The highest BCUT2D eigenvalue weighted by Gasteiger charge is 2.34. The maximum Gasteiger partial charge on any atom is 0.417 e. The number of H-pyrrole nitrogens is 1. The van der Waals surface area contributed by atoms with Gasteiger partial charge in [0, 0.05) is 16.3 Å². The number of aromatic carboxylic acids is 1. The Hall–Kier alpha value is -4.47. The number of aromatic nitrogens is 4. The van der Waals surface area contributed by atoms with E-state index in [2.05, 4.69) is 25.5 Å². The number of nitrogens with zero attached hydrogens (tertiary/aromatic N) is 3. The molecule has 0 saturated heterocycles. The predicted octanol–water partition coefficient (Wildman–Crippen LogP) is 5.63.